The predicted octanol–water partition coefficient (Wildman–Crippen LogP) is 2.27. The molecule has 0 aliphatic carbocycles. The van der Waals surface area contributed by atoms with Gasteiger partial charge in [0.25, 0.3) is 0 Å². The zero-order valence-electron chi connectivity index (χ0n) is 8.69. The minimum Gasteiger partial charge on any atom is -0.477 e. The van der Waals surface area contributed by atoms with Gasteiger partial charge in [-0.1, -0.05) is 6.07 Å². The van der Waals surface area contributed by atoms with Crippen LogP contribution in [-0.4, -0.2) is 28.7 Å². The van der Waals surface area contributed by atoms with Gasteiger partial charge in [0.05, 0.1) is 4.92 Å². The van der Waals surface area contributed by atoms with Crippen molar-refractivity contribution < 1.29 is 28.0 Å². The Balaban J connectivity index is 3.15. The summed E-state index contributed by atoms with van der Waals surface area (Å²) < 4.78 is 36.0. The molecule has 0 saturated carbocycles. The van der Waals surface area contributed by atoms with Crippen LogP contribution in [0.3, 0.4) is 0 Å². The molecule has 0 aliphatic heterocycles. The highest BCUT2D eigenvalue weighted by molar-refractivity contribution is 5.95. The number of anilines is 1. The van der Waals surface area contributed by atoms with Crippen LogP contribution in [0.1, 0.15) is 10.4 Å². The lowest BCUT2D eigenvalue weighted by atomic mass is 10.1. The average molecular weight is 264 g/mol. The molecule has 0 fully saturated rings. The Morgan fingerprint density at radius 1 is 1.44 bits per heavy atom. The van der Waals surface area contributed by atoms with Gasteiger partial charge in [-0.15, -0.1) is 0 Å². The molecule has 0 heterocycles. The molecule has 0 unspecified atom stereocenters. The summed E-state index contributed by atoms with van der Waals surface area (Å²) in [4.78, 5) is 20.4. The fourth-order valence-corrected chi connectivity index (χ4v) is 1.25. The van der Waals surface area contributed by atoms with Gasteiger partial charge < -0.3 is 10.4 Å². The first-order valence-corrected chi connectivity index (χ1v) is 4.53. The number of carbonyl (C=O) groups is 1. The summed E-state index contributed by atoms with van der Waals surface area (Å²) in [5.41, 5.74) is -2.06. The van der Waals surface area contributed by atoms with Gasteiger partial charge in [-0.25, -0.2) is 4.79 Å². The standard InChI is InChI=1S/C9H7F3N2O4/c10-9(11,12)4-13-6-3-1-2-5(8(15)16)7(6)14(17)18/h1-3,13H,4H2,(H,15,16). The lowest BCUT2D eigenvalue weighted by molar-refractivity contribution is -0.384. The molecule has 98 valence electrons. The van der Waals surface area contributed by atoms with Crippen molar-refractivity contribution in [3.8, 4) is 0 Å². The van der Waals surface area contributed by atoms with Crippen molar-refractivity contribution in [1.29, 1.82) is 0 Å². The van der Waals surface area contributed by atoms with Crippen LogP contribution in [0.25, 0.3) is 0 Å². The Labute approximate surface area is 98.2 Å². The molecule has 0 spiro atoms. The smallest absolute Gasteiger partial charge is 0.405 e. The summed E-state index contributed by atoms with van der Waals surface area (Å²) in [7, 11) is 0. The number of carboxylic acids is 1. The molecule has 1 aromatic rings. The van der Waals surface area contributed by atoms with E-state index in [1.807, 2.05) is 0 Å². The lowest BCUT2D eigenvalue weighted by Crippen LogP contribution is -2.22. The number of aromatic carboxylic acids is 1. The Morgan fingerprint density at radius 2 is 2.06 bits per heavy atom. The molecule has 18 heavy (non-hydrogen) atoms. The van der Waals surface area contributed by atoms with Crippen LogP contribution in [0.2, 0.25) is 0 Å². The molecule has 1 rings (SSSR count). The molecule has 0 saturated heterocycles. The summed E-state index contributed by atoms with van der Waals surface area (Å²) in [5, 5.41) is 21.2. The lowest BCUT2D eigenvalue weighted by Gasteiger charge is -2.10. The van der Waals surface area contributed by atoms with Gasteiger partial charge in [-0.3, -0.25) is 10.1 Å². The SMILES string of the molecule is O=C(O)c1cccc(NCC(F)(F)F)c1[N+](=O)[O-]. The minimum atomic E-state index is -4.56. The van der Waals surface area contributed by atoms with E-state index in [1.54, 1.807) is 5.32 Å². The topological polar surface area (TPSA) is 92.5 Å². The number of nitrogens with zero attached hydrogens (tertiary/aromatic N) is 1. The Hall–Kier alpha value is -2.32. The number of halogens is 3. The molecule has 1 aromatic carbocycles. The first-order valence-electron chi connectivity index (χ1n) is 4.53. The second kappa shape index (κ2) is 4.90. The largest absolute Gasteiger partial charge is 0.477 e. The number of carboxylic acid groups (broad SMARTS) is 1. The van der Waals surface area contributed by atoms with E-state index >= 15 is 0 Å². The summed E-state index contributed by atoms with van der Waals surface area (Å²) in [6.07, 6.45) is -4.56. The van der Waals surface area contributed by atoms with Gasteiger partial charge in [0.1, 0.15) is 17.8 Å². The fourth-order valence-electron chi connectivity index (χ4n) is 1.25. The molecule has 0 aliphatic rings. The molecule has 0 bridgehead atoms. The molecule has 0 amide bonds. The zero-order chi connectivity index (χ0) is 13.9. The quantitative estimate of drug-likeness (QED) is 0.642. The van der Waals surface area contributed by atoms with E-state index < -0.39 is 40.6 Å². The highest BCUT2D eigenvalue weighted by Crippen LogP contribution is 2.29. The molecule has 6 nitrogen and oxygen atoms in total. The molecule has 0 aromatic heterocycles. The summed E-state index contributed by atoms with van der Waals surface area (Å²) >= 11 is 0. The Bertz CT molecular complexity index is 487. The highest BCUT2D eigenvalue weighted by atomic mass is 19.4. The summed E-state index contributed by atoms with van der Waals surface area (Å²) in [6, 6.07) is 3.07. The minimum absolute atomic E-state index is 0.489. The van der Waals surface area contributed by atoms with Crippen LogP contribution in [0.15, 0.2) is 18.2 Å². The number of hydrogen-bond acceptors (Lipinski definition) is 4. The maximum Gasteiger partial charge on any atom is 0.405 e. The third-order valence-corrected chi connectivity index (χ3v) is 1.93. The third-order valence-electron chi connectivity index (χ3n) is 1.93. The number of rotatable bonds is 4. The van der Waals surface area contributed by atoms with E-state index in [9.17, 15) is 28.1 Å². The fraction of sp³-hybridized carbons (Fsp3) is 0.222. The molecular formula is C9H7F3N2O4. The van der Waals surface area contributed by atoms with E-state index in [-0.39, 0.29) is 0 Å². The van der Waals surface area contributed by atoms with Gasteiger partial charge in [0.15, 0.2) is 0 Å². The monoisotopic (exact) mass is 264 g/mol. The van der Waals surface area contributed by atoms with E-state index in [0.717, 1.165) is 18.2 Å². The first kappa shape index (κ1) is 13.7. The number of benzene rings is 1. The number of alkyl halides is 3. The third kappa shape index (κ3) is 3.34. The van der Waals surface area contributed by atoms with Gasteiger partial charge in [0.2, 0.25) is 0 Å². The van der Waals surface area contributed by atoms with Crippen LogP contribution in [-0.2, 0) is 0 Å². The van der Waals surface area contributed by atoms with Crippen molar-refractivity contribution in [2.75, 3.05) is 11.9 Å². The second-order valence-electron chi connectivity index (χ2n) is 3.23. The van der Waals surface area contributed by atoms with Crippen molar-refractivity contribution in [2.45, 2.75) is 6.18 Å². The van der Waals surface area contributed by atoms with E-state index in [0.29, 0.717) is 0 Å². The number of nitrogens with one attached hydrogen (secondary N) is 1. The highest BCUT2D eigenvalue weighted by Gasteiger charge is 2.30. The maximum absolute atomic E-state index is 12.0. The average Bonchev–Trinajstić information content (AvgIpc) is 2.24. The Kier molecular flexibility index (Phi) is 3.74. The first-order chi connectivity index (χ1) is 8.22. The van der Waals surface area contributed by atoms with Gasteiger partial charge in [-0.2, -0.15) is 13.2 Å². The number of hydrogen-bond donors (Lipinski definition) is 2. The van der Waals surface area contributed by atoms with Crippen LogP contribution in [0.4, 0.5) is 24.5 Å². The maximum atomic E-state index is 12.0. The van der Waals surface area contributed by atoms with Gasteiger partial charge >= 0.3 is 17.8 Å². The molecular weight excluding hydrogens is 257 g/mol. The van der Waals surface area contributed by atoms with E-state index in [2.05, 4.69) is 0 Å². The van der Waals surface area contributed by atoms with Crippen molar-refractivity contribution in [3.63, 3.8) is 0 Å². The number of para-hydroxylation sites is 1. The van der Waals surface area contributed by atoms with Crippen LogP contribution < -0.4 is 5.32 Å². The number of nitro groups is 1. The van der Waals surface area contributed by atoms with Crippen LogP contribution in [0, 0.1) is 10.1 Å². The second-order valence-corrected chi connectivity index (χ2v) is 3.23. The summed E-state index contributed by atoms with van der Waals surface area (Å²) in [6.45, 7) is -1.49. The van der Waals surface area contributed by atoms with Crippen molar-refractivity contribution in [3.05, 3.63) is 33.9 Å². The van der Waals surface area contributed by atoms with Crippen LogP contribution >= 0.6 is 0 Å². The van der Waals surface area contributed by atoms with Crippen LogP contribution in [0.5, 0.6) is 0 Å². The molecule has 0 radical (unpaired) electrons. The normalized spacial score (nSPS) is 11.1. The van der Waals surface area contributed by atoms with Crippen molar-refractivity contribution in [2.24, 2.45) is 0 Å². The molecule has 2 N–H and O–H groups in total. The van der Waals surface area contributed by atoms with E-state index in [4.69, 9.17) is 5.11 Å². The van der Waals surface area contributed by atoms with E-state index in [1.165, 1.54) is 0 Å². The van der Waals surface area contributed by atoms with Gasteiger partial charge in [0, 0.05) is 0 Å². The summed E-state index contributed by atoms with van der Waals surface area (Å²) in [5.74, 6) is -1.59. The Morgan fingerprint density at radius 3 is 2.50 bits per heavy atom. The van der Waals surface area contributed by atoms with Crippen molar-refractivity contribution >= 4 is 17.3 Å². The molecule has 0 atom stereocenters. The predicted molar refractivity (Wildman–Crippen MR) is 54.6 cm³/mol. The zero-order valence-corrected chi connectivity index (χ0v) is 8.69. The van der Waals surface area contributed by atoms with Crippen molar-refractivity contribution in [1.82, 2.24) is 0 Å². The number of nitro benzene ring substituents is 1. The van der Waals surface area contributed by atoms with Gasteiger partial charge in [-0.05, 0) is 12.1 Å². The molecule has 9 heteroatoms.